The number of nitrogens with one attached hydrogen (secondary N) is 1. The molecule has 9 nitrogen and oxygen atoms in total. The molecule has 1 N–H and O–H groups in total. The Morgan fingerprint density at radius 1 is 1.09 bits per heavy atom. The second-order valence-electron chi connectivity index (χ2n) is 7.09. The van der Waals surface area contributed by atoms with Gasteiger partial charge in [-0.25, -0.2) is 13.1 Å². The van der Waals surface area contributed by atoms with Gasteiger partial charge in [0.25, 0.3) is 0 Å². The van der Waals surface area contributed by atoms with Crippen molar-refractivity contribution >= 4 is 27.3 Å². The summed E-state index contributed by atoms with van der Waals surface area (Å²) in [5.41, 5.74) is 0.0269. The number of hydrogen-bond donors (Lipinski definition) is 1. The van der Waals surface area contributed by atoms with Gasteiger partial charge in [0.2, 0.25) is 15.9 Å². The third-order valence-electron chi connectivity index (χ3n) is 4.76. The van der Waals surface area contributed by atoms with Gasteiger partial charge in [0.15, 0.2) is 11.5 Å². The zero-order chi connectivity index (χ0) is 25.2. The maximum Gasteiger partial charge on any atom is 0.416 e. The van der Waals surface area contributed by atoms with Gasteiger partial charge >= 0.3 is 6.18 Å². The molecule has 184 valence electrons. The summed E-state index contributed by atoms with van der Waals surface area (Å²) in [5, 5.41) is 12.2. The average Bonchev–Trinajstić information content (AvgIpc) is 3.24. The Labute approximate surface area is 202 Å². The van der Waals surface area contributed by atoms with Crippen molar-refractivity contribution in [3.8, 4) is 23.0 Å². The van der Waals surface area contributed by atoms with E-state index in [2.05, 4.69) is 20.0 Å². The Bertz CT molecular complexity index is 1480. The number of hydrogen-bond acceptors (Lipinski definition) is 7. The summed E-state index contributed by atoms with van der Waals surface area (Å²) in [5.74, 6) is 1.21. The lowest BCUT2D eigenvalue weighted by Crippen LogP contribution is -2.29. The number of fused-ring (bicyclic) bond motifs is 1. The largest absolute Gasteiger partial charge is 0.497 e. The molecule has 0 aliphatic carbocycles. The normalized spacial score (nSPS) is 12.1. The third-order valence-corrected chi connectivity index (χ3v) is 6.70. The van der Waals surface area contributed by atoms with E-state index >= 15 is 0 Å². The first-order valence-electron chi connectivity index (χ1n) is 9.94. The summed E-state index contributed by atoms with van der Waals surface area (Å²) < 4.78 is 78.1. The first-order valence-corrected chi connectivity index (χ1v) is 11.8. The summed E-state index contributed by atoms with van der Waals surface area (Å²) in [6.07, 6.45) is -4.71. The van der Waals surface area contributed by atoms with Crippen LogP contribution in [0.4, 0.5) is 13.2 Å². The Kier molecular flexibility index (Phi) is 6.83. The standard InChI is InChI=1S/C21H17ClF3N5O4S/c1-33-15-4-2-3-13(11-15)20-28-27-18-7-8-19(29-30(18)20)34-10-9-26-35(31,32)17-12-14(21(23,24)25)5-6-16(17)22/h2-8,11-12,26H,9-10H2,1H3. The summed E-state index contributed by atoms with van der Waals surface area (Å²) in [7, 11) is -2.78. The van der Waals surface area contributed by atoms with Crippen molar-refractivity contribution < 1.29 is 31.1 Å². The molecule has 0 amide bonds. The van der Waals surface area contributed by atoms with E-state index in [1.54, 1.807) is 31.4 Å². The summed E-state index contributed by atoms with van der Waals surface area (Å²) >= 11 is 5.82. The molecule has 0 aliphatic heterocycles. The summed E-state index contributed by atoms with van der Waals surface area (Å²) in [6.45, 7) is -0.412. The highest BCUT2D eigenvalue weighted by atomic mass is 35.5. The highest BCUT2D eigenvalue weighted by molar-refractivity contribution is 7.89. The number of sulfonamides is 1. The molecule has 14 heteroatoms. The zero-order valence-corrected chi connectivity index (χ0v) is 19.5. The molecule has 2 heterocycles. The van der Waals surface area contributed by atoms with E-state index in [0.717, 1.165) is 6.07 Å². The lowest BCUT2D eigenvalue weighted by Gasteiger charge is -2.12. The smallest absolute Gasteiger partial charge is 0.416 e. The number of aromatic nitrogens is 4. The first kappa shape index (κ1) is 24.7. The second kappa shape index (κ2) is 9.68. The van der Waals surface area contributed by atoms with Crippen molar-refractivity contribution in [3.05, 3.63) is 65.2 Å². The number of benzene rings is 2. The minimum absolute atomic E-state index is 0.151. The van der Waals surface area contributed by atoms with E-state index < -0.39 is 26.7 Å². The van der Waals surface area contributed by atoms with Gasteiger partial charge in [-0.3, -0.25) is 0 Å². The van der Waals surface area contributed by atoms with Crippen LogP contribution in [-0.2, 0) is 16.2 Å². The maximum absolute atomic E-state index is 12.9. The number of methoxy groups -OCH3 is 1. The van der Waals surface area contributed by atoms with Gasteiger partial charge in [0.1, 0.15) is 17.3 Å². The van der Waals surface area contributed by atoms with Crippen LogP contribution in [0.25, 0.3) is 17.0 Å². The van der Waals surface area contributed by atoms with Crippen molar-refractivity contribution in [2.75, 3.05) is 20.3 Å². The topological polar surface area (TPSA) is 108 Å². The summed E-state index contributed by atoms with van der Waals surface area (Å²) in [6, 6.07) is 12.4. The van der Waals surface area contributed by atoms with Gasteiger partial charge < -0.3 is 9.47 Å². The quantitative estimate of drug-likeness (QED) is 0.347. The second-order valence-corrected chi connectivity index (χ2v) is 9.23. The van der Waals surface area contributed by atoms with Crippen LogP contribution in [0.3, 0.4) is 0 Å². The molecule has 0 radical (unpaired) electrons. The highest BCUT2D eigenvalue weighted by Gasteiger charge is 2.32. The number of ether oxygens (including phenoxy) is 2. The fraction of sp³-hybridized carbons (Fsp3) is 0.190. The number of alkyl halides is 3. The van der Waals surface area contributed by atoms with E-state index in [0.29, 0.717) is 34.9 Å². The lowest BCUT2D eigenvalue weighted by molar-refractivity contribution is -0.137. The molecule has 2 aromatic heterocycles. The van der Waals surface area contributed by atoms with Gasteiger partial charge in [0, 0.05) is 18.2 Å². The highest BCUT2D eigenvalue weighted by Crippen LogP contribution is 2.33. The first-order chi connectivity index (χ1) is 16.6. The van der Waals surface area contributed by atoms with Crippen molar-refractivity contribution in [2.24, 2.45) is 0 Å². The van der Waals surface area contributed by atoms with Gasteiger partial charge in [-0.1, -0.05) is 23.7 Å². The molecule has 35 heavy (non-hydrogen) atoms. The maximum atomic E-state index is 12.9. The van der Waals surface area contributed by atoms with Crippen LogP contribution < -0.4 is 14.2 Å². The van der Waals surface area contributed by atoms with Crippen LogP contribution >= 0.6 is 11.6 Å². The van der Waals surface area contributed by atoms with Crippen LogP contribution in [0, 0.1) is 0 Å². The SMILES string of the molecule is COc1cccc(-c2nnc3ccc(OCCNS(=O)(=O)c4cc(C(F)(F)F)ccc4Cl)nn23)c1. The number of nitrogens with zero attached hydrogens (tertiary/aromatic N) is 4. The molecule has 0 unspecified atom stereocenters. The Morgan fingerprint density at radius 3 is 2.63 bits per heavy atom. The minimum Gasteiger partial charge on any atom is -0.497 e. The van der Waals surface area contributed by atoms with Gasteiger partial charge in [-0.15, -0.1) is 15.3 Å². The van der Waals surface area contributed by atoms with E-state index in [1.807, 2.05) is 6.07 Å². The molecular formula is C21H17ClF3N5O4S. The molecular weight excluding hydrogens is 511 g/mol. The van der Waals surface area contributed by atoms with Crippen LogP contribution in [0.1, 0.15) is 5.56 Å². The van der Waals surface area contributed by atoms with E-state index in [4.69, 9.17) is 21.1 Å². The molecule has 0 saturated carbocycles. The molecule has 0 atom stereocenters. The fourth-order valence-electron chi connectivity index (χ4n) is 3.09. The lowest BCUT2D eigenvalue weighted by atomic mass is 10.2. The monoisotopic (exact) mass is 527 g/mol. The molecule has 0 fully saturated rings. The van der Waals surface area contributed by atoms with Crippen LogP contribution in [0.15, 0.2) is 59.5 Å². The Hall–Kier alpha value is -3.42. The number of halogens is 4. The fourth-order valence-corrected chi connectivity index (χ4v) is 4.62. The number of rotatable bonds is 8. The molecule has 0 aliphatic rings. The molecule has 0 bridgehead atoms. The van der Waals surface area contributed by atoms with E-state index in [9.17, 15) is 21.6 Å². The molecule has 4 rings (SSSR count). The van der Waals surface area contributed by atoms with Crippen molar-refractivity contribution in [1.29, 1.82) is 0 Å². The molecule has 0 spiro atoms. The predicted molar refractivity (Wildman–Crippen MR) is 120 cm³/mol. The van der Waals surface area contributed by atoms with Gasteiger partial charge in [-0.05, 0) is 36.4 Å². The molecule has 4 aromatic rings. The molecule has 0 saturated heterocycles. The average molecular weight is 528 g/mol. The zero-order valence-electron chi connectivity index (χ0n) is 18.0. The Morgan fingerprint density at radius 2 is 1.89 bits per heavy atom. The summed E-state index contributed by atoms with van der Waals surface area (Å²) in [4.78, 5) is -0.680. The van der Waals surface area contributed by atoms with Gasteiger partial charge in [0.05, 0.1) is 17.7 Å². The molecule has 2 aromatic carbocycles. The van der Waals surface area contributed by atoms with E-state index in [1.165, 1.54) is 10.6 Å². The Balaban J connectivity index is 1.45. The van der Waals surface area contributed by atoms with Crippen molar-refractivity contribution in [1.82, 2.24) is 24.5 Å². The minimum atomic E-state index is -4.71. The van der Waals surface area contributed by atoms with Crippen molar-refractivity contribution in [3.63, 3.8) is 0 Å². The van der Waals surface area contributed by atoms with Crippen LogP contribution in [-0.4, -0.2) is 48.5 Å². The van der Waals surface area contributed by atoms with Crippen molar-refractivity contribution in [2.45, 2.75) is 11.1 Å². The third kappa shape index (κ3) is 5.47. The van der Waals surface area contributed by atoms with Crippen LogP contribution in [0.2, 0.25) is 5.02 Å². The van der Waals surface area contributed by atoms with Gasteiger partial charge in [-0.2, -0.15) is 17.7 Å². The van der Waals surface area contributed by atoms with Crippen LogP contribution in [0.5, 0.6) is 11.6 Å². The predicted octanol–water partition coefficient (Wildman–Crippen LogP) is 3.83. The van der Waals surface area contributed by atoms with E-state index in [-0.39, 0.29) is 24.1 Å².